The zero-order chi connectivity index (χ0) is 21.8. The molecule has 1 spiro atoms. The Labute approximate surface area is 192 Å². The number of fused-ring (bicyclic) bond motifs is 1. The van der Waals surface area contributed by atoms with Crippen LogP contribution in [0.1, 0.15) is 37.8 Å². The quantitative estimate of drug-likeness (QED) is 0.591. The maximum absolute atomic E-state index is 6.20. The van der Waals surface area contributed by atoms with Crippen LogP contribution in [0.15, 0.2) is 52.6 Å². The van der Waals surface area contributed by atoms with Gasteiger partial charge in [-0.2, -0.15) is 0 Å². The van der Waals surface area contributed by atoms with Crippen LogP contribution in [0.25, 0.3) is 0 Å². The Hall–Kier alpha value is -2.38. The number of aromatic nitrogens is 4. The molecule has 0 atom stereocenters. The molecule has 162 valence electrons. The molecule has 3 aromatic rings. The third kappa shape index (κ3) is 4.62. The van der Waals surface area contributed by atoms with Crippen LogP contribution >= 0.6 is 23.4 Å². The lowest BCUT2D eigenvalue weighted by molar-refractivity contribution is 0.231. The van der Waals surface area contributed by atoms with Gasteiger partial charge in [0, 0.05) is 24.2 Å². The zero-order valence-corrected chi connectivity index (χ0v) is 19.5. The van der Waals surface area contributed by atoms with Gasteiger partial charge in [-0.15, -0.1) is 10.2 Å². The molecule has 6 nitrogen and oxygen atoms in total. The van der Waals surface area contributed by atoms with E-state index in [2.05, 4.69) is 49.3 Å². The minimum atomic E-state index is 0.311. The summed E-state index contributed by atoms with van der Waals surface area (Å²) in [6, 6.07) is 10.7. The first-order chi connectivity index (χ1) is 15.1. The van der Waals surface area contributed by atoms with Crippen LogP contribution in [-0.2, 0) is 12.8 Å². The summed E-state index contributed by atoms with van der Waals surface area (Å²) in [7, 11) is 0. The van der Waals surface area contributed by atoms with Crippen LogP contribution in [0.3, 0.4) is 0 Å². The second kappa shape index (κ2) is 9.40. The van der Waals surface area contributed by atoms with Crippen molar-refractivity contribution in [3.63, 3.8) is 0 Å². The molecule has 1 saturated heterocycles. The molecule has 0 unspecified atom stereocenters. The Balaban J connectivity index is 0.00000112. The van der Waals surface area contributed by atoms with Gasteiger partial charge in [0.15, 0.2) is 0 Å². The fourth-order valence-corrected chi connectivity index (χ4v) is 5.35. The molecular weight excluding hydrogens is 428 g/mol. The standard InChI is InChI=1S/C21H21ClN6S.C2H6/c22-18-16(5-8-24-19(18)23)29-17-13-25-20(27-26-17)28-9-6-21(7-10-28)11-14-3-1-2-4-15(14)12-21;1-2/h1-5,8,13H,6-7,9-12H2,(H2,23,24);1-2H3. The van der Waals surface area contributed by atoms with E-state index in [4.69, 9.17) is 17.3 Å². The third-order valence-electron chi connectivity index (χ3n) is 5.98. The molecule has 0 radical (unpaired) electrons. The molecule has 1 aliphatic carbocycles. The summed E-state index contributed by atoms with van der Waals surface area (Å²) < 4.78 is 0. The Morgan fingerprint density at radius 2 is 1.68 bits per heavy atom. The van der Waals surface area contributed by atoms with Gasteiger partial charge < -0.3 is 10.6 Å². The minimum Gasteiger partial charge on any atom is -0.382 e. The van der Waals surface area contributed by atoms with Crippen LogP contribution in [0.4, 0.5) is 11.8 Å². The number of nitrogens with zero attached hydrogens (tertiary/aromatic N) is 5. The van der Waals surface area contributed by atoms with Gasteiger partial charge in [-0.05, 0) is 48.3 Å². The van der Waals surface area contributed by atoms with Gasteiger partial charge in [-0.3, -0.25) is 0 Å². The molecule has 8 heteroatoms. The molecule has 31 heavy (non-hydrogen) atoms. The number of piperidine rings is 1. The average molecular weight is 455 g/mol. The van der Waals surface area contributed by atoms with E-state index in [0.29, 0.717) is 27.2 Å². The SMILES string of the molecule is CC.Nc1nccc(Sc2cnc(N3CCC4(CC3)Cc3ccccc3C4)nn2)c1Cl. The minimum absolute atomic E-state index is 0.311. The number of halogens is 1. The van der Waals surface area contributed by atoms with E-state index in [1.165, 1.54) is 35.7 Å². The van der Waals surface area contributed by atoms with Gasteiger partial charge in [-0.25, -0.2) is 9.97 Å². The summed E-state index contributed by atoms with van der Waals surface area (Å²) in [5.74, 6) is 1.01. The maximum Gasteiger partial charge on any atom is 0.245 e. The van der Waals surface area contributed by atoms with E-state index < -0.39 is 0 Å². The zero-order valence-electron chi connectivity index (χ0n) is 17.9. The Bertz CT molecular complexity index is 1010. The van der Waals surface area contributed by atoms with Gasteiger partial charge in [0.2, 0.25) is 5.95 Å². The van der Waals surface area contributed by atoms with E-state index in [9.17, 15) is 0 Å². The van der Waals surface area contributed by atoms with Crippen molar-refractivity contribution >= 4 is 35.1 Å². The van der Waals surface area contributed by atoms with Gasteiger partial charge >= 0.3 is 0 Å². The Morgan fingerprint density at radius 1 is 1.00 bits per heavy atom. The lowest BCUT2D eigenvalue weighted by Crippen LogP contribution is -2.41. The van der Waals surface area contributed by atoms with Crippen LogP contribution in [0.2, 0.25) is 5.02 Å². The number of rotatable bonds is 3. The molecule has 0 amide bonds. The number of nitrogen functional groups attached to an aromatic ring is 1. The van der Waals surface area contributed by atoms with Crippen LogP contribution in [0.5, 0.6) is 0 Å². The topological polar surface area (TPSA) is 80.8 Å². The molecule has 2 N–H and O–H groups in total. The van der Waals surface area contributed by atoms with E-state index >= 15 is 0 Å². The first kappa shape index (κ1) is 21.8. The molecular formula is C23H27ClN6S. The summed E-state index contributed by atoms with van der Waals surface area (Å²) in [5, 5.41) is 9.80. The van der Waals surface area contributed by atoms with Crippen molar-refractivity contribution in [1.29, 1.82) is 0 Å². The fraction of sp³-hybridized carbons (Fsp3) is 0.391. The van der Waals surface area contributed by atoms with Crippen molar-refractivity contribution in [2.24, 2.45) is 5.41 Å². The van der Waals surface area contributed by atoms with E-state index in [0.717, 1.165) is 30.8 Å². The highest BCUT2D eigenvalue weighted by Crippen LogP contribution is 2.44. The summed E-state index contributed by atoms with van der Waals surface area (Å²) >= 11 is 7.59. The second-order valence-corrected chi connectivity index (χ2v) is 9.26. The number of pyridine rings is 1. The van der Waals surface area contributed by atoms with Crippen molar-refractivity contribution in [2.75, 3.05) is 23.7 Å². The van der Waals surface area contributed by atoms with E-state index in [1.54, 1.807) is 12.4 Å². The average Bonchev–Trinajstić information content (AvgIpc) is 3.17. The monoisotopic (exact) mass is 454 g/mol. The van der Waals surface area contributed by atoms with Crippen molar-refractivity contribution in [3.8, 4) is 0 Å². The summed E-state index contributed by atoms with van der Waals surface area (Å²) in [4.78, 5) is 11.6. The number of benzene rings is 1. The Morgan fingerprint density at radius 3 is 2.29 bits per heavy atom. The summed E-state index contributed by atoms with van der Waals surface area (Å²) in [5.41, 5.74) is 9.21. The normalized spacial score (nSPS) is 16.5. The van der Waals surface area contributed by atoms with Crippen LogP contribution in [-0.4, -0.2) is 33.3 Å². The molecule has 2 aromatic heterocycles. The van der Waals surface area contributed by atoms with E-state index in [-0.39, 0.29) is 0 Å². The lowest BCUT2D eigenvalue weighted by atomic mass is 9.76. The third-order valence-corrected chi connectivity index (χ3v) is 7.45. The first-order valence-corrected chi connectivity index (χ1v) is 11.9. The molecule has 1 fully saturated rings. The van der Waals surface area contributed by atoms with Crippen molar-refractivity contribution < 1.29 is 0 Å². The molecule has 3 heterocycles. The largest absolute Gasteiger partial charge is 0.382 e. The number of anilines is 2. The highest BCUT2D eigenvalue weighted by atomic mass is 35.5. The van der Waals surface area contributed by atoms with Gasteiger partial charge in [0.05, 0.1) is 11.2 Å². The van der Waals surface area contributed by atoms with Gasteiger partial charge in [-0.1, -0.05) is 61.5 Å². The first-order valence-electron chi connectivity index (χ1n) is 10.7. The molecule has 0 bridgehead atoms. The van der Waals surface area contributed by atoms with Crippen molar-refractivity contribution in [3.05, 3.63) is 58.9 Å². The predicted molar refractivity (Wildman–Crippen MR) is 127 cm³/mol. The number of hydrogen-bond donors (Lipinski definition) is 1. The van der Waals surface area contributed by atoms with Crippen LogP contribution in [0, 0.1) is 5.41 Å². The summed E-state index contributed by atoms with van der Waals surface area (Å²) in [6.07, 6.45) is 8.09. The summed E-state index contributed by atoms with van der Waals surface area (Å²) in [6.45, 7) is 5.93. The smallest absolute Gasteiger partial charge is 0.245 e. The number of nitrogens with two attached hydrogens (primary N) is 1. The van der Waals surface area contributed by atoms with Crippen molar-refractivity contribution in [1.82, 2.24) is 20.2 Å². The Kier molecular flexibility index (Phi) is 6.62. The second-order valence-electron chi connectivity index (χ2n) is 7.82. The molecule has 0 saturated carbocycles. The molecule has 1 aromatic carbocycles. The van der Waals surface area contributed by atoms with Gasteiger partial charge in [0.25, 0.3) is 0 Å². The molecule has 1 aliphatic heterocycles. The van der Waals surface area contributed by atoms with Crippen molar-refractivity contribution in [2.45, 2.75) is 49.5 Å². The van der Waals surface area contributed by atoms with E-state index in [1.807, 2.05) is 19.9 Å². The van der Waals surface area contributed by atoms with Crippen LogP contribution < -0.4 is 10.6 Å². The van der Waals surface area contributed by atoms with Gasteiger partial charge in [0.1, 0.15) is 10.8 Å². The number of hydrogen-bond acceptors (Lipinski definition) is 7. The molecule has 2 aliphatic rings. The highest BCUT2D eigenvalue weighted by molar-refractivity contribution is 7.99. The molecule has 5 rings (SSSR count). The fourth-order valence-electron chi connectivity index (χ4n) is 4.39. The lowest BCUT2D eigenvalue weighted by Gasteiger charge is -2.39. The maximum atomic E-state index is 6.20. The predicted octanol–water partition coefficient (Wildman–Crippen LogP) is 5.07. The highest BCUT2D eigenvalue weighted by Gasteiger charge is 2.40.